The molecule has 9 heteroatoms. The predicted octanol–water partition coefficient (Wildman–Crippen LogP) is -1.36. The van der Waals surface area contributed by atoms with Gasteiger partial charge in [-0.2, -0.15) is 4.31 Å². The van der Waals surface area contributed by atoms with Crippen LogP contribution in [0.5, 0.6) is 0 Å². The topological polar surface area (TPSA) is 81.2 Å². The van der Waals surface area contributed by atoms with E-state index in [1.54, 1.807) is 4.90 Å². The van der Waals surface area contributed by atoms with Gasteiger partial charge < -0.3 is 9.80 Å². The molecule has 23 heavy (non-hydrogen) atoms. The molecule has 0 radical (unpaired) electrons. The van der Waals surface area contributed by atoms with Crippen LogP contribution in [-0.4, -0.2) is 105 Å². The summed E-state index contributed by atoms with van der Waals surface area (Å²) in [5, 5.41) is 0. The first-order valence-electron chi connectivity index (χ1n) is 7.96. The highest BCUT2D eigenvalue weighted by atomic mass is 32.2. The van der Waals surface area contributed by atoms with E-state index in [0.29, 0.717) is 32.7 Å². The molecule has 0 saturated carbocycles. The Labute approximate surface area is 138 Å². The summed E-state index contributed by atoms with van der Waals surface area (Å²) >= 11 is 0. The number of piperazine rings is 1. The van der Waals surface area contributed by atoms with Crippen LogP contribution in [0.15, 0.2) is 0 Å². The average Bonchev–Trinajstić information content (AvgIpc) is 3.01. The highest BCUT2D eigenvalue weighted by Crippen LogP contribution is 2.09. The molecule has 0 aromatic heterocycles. The largest absolute Gasteiger partial charge is 0.342 e. The van der Waals surface area contributed by atoms with Gasteiger partial charge in [0.1, 0.15) is 0 Å². The minimum atomic E-state index is -3.35. The molecule has 0 atom stereocenters. The Morgan fingerprint density at radius 2 is 1.43 bits per heavy atom. The quantitative estimate of drug-likeness (QED) is 0.614. The van der Waals surface area contributed by atoms with Gasteiger partial charge in [-0.3, -0.25) is 14.5 Å². The van der Waals surface area contributed by atoms with E-state index in [0.717, 1.165) is 36.5 Å². The van der Waals surface area contributed by atoms with Gasteiger partial charge in [-0.15, -0.1) is 0 Å². The van der Waals surface area contributed by atoms with Gasteiger partial charge in [0.2, 0.25) is 21.8 Å². The maximum absolute atomic E-state index is 12.1. The summed E-state index contributed by atoms with van der Waals surface area (Å²) < 4.78 is 23.8. The SMILES string of the molecule is CN(CC(=O)N1CCN(CC(=O)N2CCCC2)CC1)S(C)(=O)=O. The first-order valence-corrected chi connectivity index (χ1v) is 9.81. The maximum Gasteiger partial charge on any atom is 0.237 e. The summed E-state index contributed by atoms with van der Waals surface area (Å²) in [6.07, 6.45) is 3.26. The van der Waals surface area contributed by atoms with Gasteiger partial charge in [0, 0.05) is 46.3 Å². The highest BCUT2D eigenvalue weighted by Gasteiger charge is 2.26. The first-order chi connectivity index (χ1) is 10.8. The fraction of sp³-hybridized carbons (Fsp3) is 0.857. The van der Waals surface area contributed by atoms with Crippen molar-refractivity contribution >= 4 is 21.8 Å². The Kier molecular flexibility index (Phi) is 5.99. The van der Waals surface area contributed by atoms with Gasteiger partial charge >= 0.3 is 0 Å². The zero-order chi connectivity index (χ0) is 17.0. The Morgan fingerprint density at radius 3 is 1.96 bits per heavy atom. The van der Waals surface area contributed by atoms with Crippen LogP contribution in [0.2, 0.25) is 0 Å². The van der Waals surface area contributed by atoms with Crippen molar-refractivity contribution in [2.24, 2.45) is 0 Å². The summed E-state index contributed by atoms with van der Waals surface area (Å²) in [6.45, 7) is 4.34. The zero-order valence-electron chi connectivity index (χ0n) is 13.9. The van der Waals surface area contributed by atoms with Crippen LogP contribution >= 0.6 is 0 Å². The minimum absolute atomic E-state index is 0.133. The van der Waals surface area contributed by atoms with Crippen molar-refractivity contribution in [3.63, 3.8) is 0 Å². The average molecular weight is 346 g/mol. The van der Waals surface area contributed by atoms with Crippen molar-refractivity contribution in [2.45, 2.75) is 12.8 Å². The van der Waals surface area contributed by atoms with E-state index in [-0.39, 0.29) is 18.4 Å². The highest BCUT2D eigenvalue weighted by molar-refractivity contribution is 7.88. The molecule has 0 unspecified atom stereocenters. The molecule has 2 aliphatic rings. The molecule has 0 N–H and O–H groups in total. The summed E-state index contributed by atoms with van der Waals surface area (Å²) in [4.78, 5) is 29.9. The van der Waals surface area contributed by atoms with Crippen molar-refractivity contribution in [1.29, 1.82) is 0 Å². The second kappa shape index (κ2) is 7.59. The molecule has 2 aliphatic heterocycles. The number of nitrogens with zero attached hydrogens (tertiary/aromatic N) is 4. The molecule has 0 aromatic rings. The predicted molar refractivity (Wildman–Crippen MR) is 86.3 cm³/mol. The fourth-order valence-electron chi connectivity index (χ4n) is 2.82. The smallest absolute Gasteiger partial charge is 0.237 e. The van der Waals surface area contributed by atoms with Gasteiger partial charge in [0.05, 0.1) is 19.3 Å². The van der Waals surface area contributed by atoms with Gasteiger partial charge in [-0.1, -0.05) is 0 Å². The summed E-state index contributed by atoms with van der Waals surface area (Å²) in [5.41, 5.74) is 0. The molecule has 2 amide bonds. The van der Waals surface area contributed by atoms with Crippen LogP contribution in [-0.2, 0) is 19.6 Å². The standard InChI is InChI=1S/C14H26N4O4S/c1-15(23(2,21)22)11-13(19)18-9-7-16(8-10-18)12-14(20)17-5-3-4-6-17/h3-12H2,1-2H3. The van der Waals surface area contributed by atoms with E-state index in [1.807, 2.05) is 4.90 Å². The number of likely N-dealkylation sites (tertiary alicyclic amines) is 1. The third-order valence-corrected chi connectivity index (χ3v) is 5.73. The third kappa shape index (κ3) is 5.15. The molecular formula is C14H26N4O4S. The monoisotopic (exact) mass is 346 g/mol. The zero-order valence-corrected chi connectivity index (χ0v) is 14.7. The molecule has 2 heterocycles. The number of hydrogen-bond donors (Lipinski definition) is 0. The summed E-state index contributed by atoms with van der Waals surface area (Å²) in [7, 11) is -1.95. The molecule has 8 nitrogen and oxygen atoms in total. The Bertz CT molecular complexity index is 537. The van der Waals surface area contributed by atoms with Crippen LogP contribution in [0.25, 0.3) is 0 Å². The molecule has 132 valence electrons. The Morgan fingerprint density at radius 1 is 0.913 bits per heavy atom. The van der Waals surface area contributed by atoms with E-state index in [2.05, 4.69) is 4.90 Å². The van der Waals surface area contributed by atoms with Crippen LogP contribution in [0.1, 0.15) is 12.8 Å². The van der Waals surface area contributed by atoms with Crippen molar-refractivity contribution in [1.82, 2.24) is 19.0 Å². The fourth-order valence-corrected chi connectivity index (χ4v) is 3.17. The summed E-state index contributed by atoms with van der Waals surface area (Å²) in [6, 6.07) is 0. The number of hydrogen-bond acceptors (Lipinski definition) is 5. The molecule has 0 aromatic carbocycles. The van der Waals surface area contributed by atoms with E-state index in [4.69, 9.17) is 0 Å². The van der Waals surface area contributed by atoms with Crippen LogP contribution < -0.4 is 0 Å². The third-order valence-electron chi connectivity index (χ3n) is 4.47. The van der Waals surface area contributed by atoms with E-state index < -0.39 is 10.0 Å². The molecule has 0 aliphatic carbocycles. The lowest BCUT2D eigenvalue weighted by molar-refractivity contribution is -0.134. The minimum Gasteiger partial charge on any atom is -0.342 e. The van der Waals surface area contributed by atoms with E-state index in [1.165, 1.54) is 7.05 Å². The van der Waals surface area contributed by atoms with Crippen molar-refractivity contribution in [3.8, 4) is 0 Å². The number of amides is 2. The number of rotatable bonds is 5. The number of carbonyl (C=O) groups is 2. The van der Waals surface area contributed by atoms with E-state index >= 15 is 0 Å². The van der Waals surface area contributed by atoms with Crippen molar-refractivity contribution < 1.29 is 18.0 Å². The second-order valence-corrected chi connectivity index (χ2v) is 8.35. The van der Waals surface area contributed by atoms with Crippen molar-refractivity contribution in [3.05, 3.63) is 0 Å². The molecule has 0 bridgehead atoms. The Hall–Kier alpha value is -1.19. The first kappa shape index (κ1) is 18.2. The number of likely N-dealkylation sites (N-methyl/N-ethyl adjacent to an activating group) is 1. The van der Waals surface area contributed by atoms with Crippen LogP contribution in [0, 0.1) is 0 Å². The van der Waals surface area contributed by atoms with Gasteiger partial charge in [-0.05, 0) is 12.8 Å². The van der Waals surface area contributed by atoms with Gasteiger partial charge in [0.15, 0.2) is 0 Å². The molecule has 2 rings (SSSR count). The Balaban J connectivity index is 1.75. The lowest BCUT2D eigenvalue weighted by atomic mass is 10.3. The molecular weight excluding hydrogens is 320 g/mol. The normalized spacial score (nSPS) is 20.3. The molecule has 2 saturated heterocycles. The number of sulfonamides is 1. The number of carbonyl (C=O) groups excluding carboxylic acids is 2. The lowest BCUT2D eigenvalue weighted by Crippen LogP contribution is -2.53. The van der Waals surface area contributed by atoms with E-state index in [9.17, 15) is 18.0 Å². The molecule has 2 fully saturated rings. The van der Waals surface area contributed by atoms with Crippen molar-refractivity contribution in [2.75, 3.05) is 65.7 Å². The maximum atomic E-state index is 12.1. The second-order valence-electron chi connectivity index (χ2n) is 6.26. The molecule has 0 spiro atoms. The van der Waals surface area contributed by atoms with Crippen LogP contribution in [0.3, 0.4) is 0 Å². The van der Waals surface area contributed by atoms with Gasteiger partial charge in [0.25, 0.3) is 0 Å². The summed E-state index contributed by atoms with van der Waals surface area (Å²) in [5.74, 6) is -0.0254. The lowest BCUT2D eigenvalue weighted by Gasteiger charge is -2.35. The van der Waals surface area contributed by atoms with Crippen LogP contribution in [0.4, 0.5) is 0 Å². The van der Waals surface area contributed by atoms with Gasteiger partial charge in [-0.25, -0.2) is 8.42 Å².